The number of fused-ring (bicyclic) bond motifs is 1. The Morgan fingerprint density at radius 3 is 2.47 bits per heavy atom. The molecule has 3 aliphatic heterocycles. The summed E-state index contributed by atoms with van der Waals surface area (Å²) in [6.45, 7) is 2.81. The first-order valence-electron chi connectivity index (χ1n) is 10.8. The maximum Gasteiger partial charge on any atom is 0.262 e. The average molecular weight is 410 g/mol. The summed E-state index contributed by atoms with van der Waals surface area (Å²) in [4.78, 5) is 53.1. The molecule has 1 saturated carbocycles. The minimum absolute atomic E-state index is 0.126. The largest absolute Gasteiger partial charge is 0.315 e. The lowest BCUT2D eigenvalue weighted by molar-refractivity contribution is -0.136. The van der Waals surface area contributed by atoms with Crippen molar-refractivity contribution in [2.24, 2.45) is 0 Å². The van der Waals surface area contributed by atoms with E-state index in [1.165, 1.54) is 25.7 Å². The van der Waals surface area contributed by atoms with Gasteiger partial charge >= 0.3 is 0 Å². The molecule has 5 rings (SSSR count). The molecular weight excluding hydrogens is 384 g/mol. The molecule has 2 atom stereocenters. The second-order valence-electron chi connectivity index (χ2n) is 8.73. The summed E-state index contributed by atoms with van der Waals surface area (Å²) in [7, 11) is 0. The molecule has 4 amide bonds. The summed E-state index contributed by atoms with van der Waals surface area (Å²) < 4.78 is 0. The highest BCUT2D eigenvalue weighted by Crippen LogP contribution is 2.33. The van der Waals surface area contributed by atoms with Crippen LogP contribution in [0.2, 0.25) is 0 Å². The Kier molecular flexibility index (Phi) is 4.91. The average Bonchev–Trinajstić information content (AvgIpc) is 3.55. The highest BCUT2D eigenvalue weighted by Gasteiger charge is 2.44. The van der Waals surface area contributed by atoms with E-state index in [9.17, 15) is 19.2 Å². The molecule has 3 fully saturated rings. The zero-order valence-corrected chi connectivity index (χ0v) is 16.9. The fourth-order valence-corrected chi connectivity index (χ4v) is 4.91. The minimum Gasteiger partial charge on any atom is -0.315 e. The number of piperidine rings is 2. The molecule has 2 saturated heterocycles. The highest BCUT2D eigenvalue weighted by atomic mass is 16.2. The third-order valence-corrected chi connectivity index (χ3v) is 6.63. The van der Waals surface area contributed by atoms with E-state index in [2.05, 4.69) is 15.5 Å². The lowest BCUT2D eigenvalue weighted by Crippen LogP contribution is -2.54. The number of rotatable bonds is 5. The van der Waals surface area contributed by atoms with Crippen molar-refractivity contribution in [1.29, 1.82) is 0 Å². The van der Waals surface area contributed by atoms with Crippen LogP contribution in [0.1, 0.15) is 64.8 Å². The SMILES string of the molecule is O=C1CCC(N2C(=O)c3ccc(CN(C4CC4)C4CCCNC4)cc3C2=O)C(=O)N1. The van der Waals surface area contributed by atoms with Crippen LogP contribution in [0.3, 0.4) is 0 Å². The van der Waals surface area contributed by atoms with Crippen molar-refractivity contribution >= 4 is 23.6 Å². The number of nitrogens with zero attached hydrogens (tertiary/aromatic N) is 2. The van der Waals surface area contributed by atoms with E-state index in [1.54, 1.807) is 6.07 Å². The molecule has 3 heterocycles. The Balaban J connectivity index is 1.36. The number of carbonyl (C=O) groups excluding carboxylic acids is 4. The molecule has 1 aromatic carbocycles. The molecule has 4 aliphatic rings. The first-order chi connectivity index (χ1) is 14.5. The number of hydrogen-bond acceptors (Lipinski definition) is 6. The van der Waals surface area contributed by atoms with Gasteiger partial charge in [0, 0.05) is 31.6 Å². The van der Waals surface area contributed by atoms with Crippen LogP contribution in [0.4, 0.5) is 0 Å². The smallest absolute Gasteiger partial charge is 0.262 e. The monoisotopic (exact) mass is 410 g/mol. The number of hydrogen-bond donors (Lipinski definition) is 2. The molecule has 2 N–H and O–H groups in total. The van der Waals surface area contributed by atoms with Gasteiger partial charge in [-0.3, -0.25) is 34.3 Å². The van der Waals surface area contributed by atoms with E-state index in [1.807, 2.05) is 12.1 Å². The molecule has 0 aromatic heterocycles. The van der Waals surface area contributed by atoms with E-state index in [-0.39, 0.29) is 18.7 Å². The van der Waals surface area contributed by atoms with Crippen LogP contribution in [-0.4, -0.2) is 64.6 Å². The molecular formula is C22H26N4O4. The van der Waals surface area contributed by atoms with Crippen LogP contribution < -0.4 is 10.6 Å². The Bertz CT molecular complexity index is 920. The van der Waals surface area contributed by atoms with Gasteiger partial charge in [0.2, 0.25) is 11.8 Å². The van der Waals surface area contributed by atoms with E-state index in [4.69, 9.17) is 0 Å². The number of benzene rings is 1. The summed E-state index contributed by atoms with van der Waals surface area (Å²) in [5, 5.41) is 5.71. The van der Waals surface area contributed by atoms with Crippen molar-refractivity contribution in [3.63, 3.8) is 0 Å². The summed E-state index contributed by atoms with van der Waals surface area (Å²) in [6.07, 6.45) is 5.07. The number of amides is 4. The van der Waals surface area contributed by atoms with Gasteiger partial charge in [-0.05, 0) is 56.3 Å². The number of nitrogens with one attached hydrogen (secondary N) is 2. The van der Waals surface area contributed by atoms with E-state index in [0.29, 0.717) is 23.2 Å². The second kappa shape index (κ2) is 7.59. The van der Waals surface area contributed by atoms with Crippen LogP contribution in [-0.2, 0) is 16.1 Å². The minimum atomic E-state index is -0.921. The van der Waals surface area contributed by atoms with Crippen molar-refractivity contribution < 1.29 is 19.2 Å². The first-order valence-corrected chi connectivity index (χ1v) is 10.8. The molecule has 158 valence electrons. The maximum atomic E-state index is 13.0. The zero-order chi connectivity index (χ0) is 20.8. The topological polar surface area (TPSA) is 98.8 Å². The lowest BCUT2D eigenvalue weighted by Gasteiger charge is -2.35. The Labute approximate surface area is 175 Å². The molecule has 8 heteroatoms. The summed E-state index contributed by atoms with van der Waals surface area (Å²) in [5.41, 5.74) is 1.71. The van der Waals surface area contributed by atoms with Crippen molar-refractivity contribution in [3.8, 4) is 0 Å². The van der Waals surface area contributed by atoms with Crippen LogP contribution >= 0.6 is 0 Å². The van der Waals surface area contributed by atoms with Crippen molar-refractivity contribution in [3.05, 3.63) is 34.9 Å². The zero-order valence-electron chi connectivity index (χ0n) is 16.9. The van der Waals surface area contributed by atoms with Crippen molar-refractivity contribution in [2.45, 2.75) is 63.2 Å². The summed E-state index contributed by atoms with van der Waals surface area (Å²) in [6, 6.07) is 5.62. The Morgan fingerprint density at radius 2 is 1.77 bits per heavy atom. The molecule has 0 radical (unpaired) electrons. The molecule has 8 nitrogen and oxygen atoms in total. The predicted octanol–water partition coefficient (Wildman–Crippen LogP) is 0.804. The Morgan fingerprint density at radius 1 is 0.967 bits per heavy atom. The van der Waals surface area contributed by atoms with Crippen LogP contribution in [0, 0.1) is 0 Å². The van der Waals surface area contributed by atoms with E-state index in [0.717, 1.165) is 30.1 Å². The van der Waals surface area contributed by atoms with E-state index < -0.39 is 23.8 Å². The number of imide groups is 2. The first kappa shape index (κ1) is 19.4. The second-order valence-corrected chi connectivity index (χ2v) is 8.73. The van der Waals surface area contributed by atoms with Gasteiger partial charge in [-0.25, -0.2) is 0 Å². The van der Waals surface area contributed by atoms with Gasteiger partial charge in [0.25, 0.3) is 11.8 Å². The maximum absolute atomic E-state index is 13.0. The lowest BCUT2D eigenvalue weighted by atomic mass is 10.0. The Hall–Kier alpha value is -2.58. The van der Waals surface area contributed by atoms with Gasteiger partial charge in [-0.1, -0.05) is 6.07 Å². The van der Waals surface area contributed by atoms with Crippen molar-refractivity contribution in [1.82, 2.24) is 20.4 Å². The van der Waals surface area contributed by atoms with Crippen LogP contribution in [0.25, 0.3) is 0 Å². The van der Waals surface area contributed by atoms with Gasteiger partial charge in [0.05, 0.1) is 11.1 Å². The van der Waals surface area contributed by atoms with Gasteiger partial charge in [-0.2, -0.15) is 0 Å². The number of carbonyl (C=O) groups is 4. The normalized spacial score (nSPS) is 26.9. The molecule has 1 aliphatic carbocycles. The van der Waals surface area contributed by atoms with Crippen LogP contribution in [0.5, 0.6) is 0 Å². The third-order valence-electron chi connectivity index (χ3n) is 6.63. The van der Waals surface area contributed by atoms with Gasteiger partial charge in [-0.15, -0.1) is 0 Å². The quantitative estimate of drug-likeness (QED) is 0.697. The summed E-state index contributed by atoms with van der Waals surface area (Å²) in [5.74, 6) is -1.84. The third kappa shape index (κ3) is 3.44. The van der Waals surface area contributed by atoms with E-state index >= 15 is 0 Å². The standard InChI is InChI=1S/C22H26N4O4/c27-19-8-7-18(20(28)24-19)26-21(29)16-6-3-13(10-17(16)22(26)30)12-25(14-4-5-14)15-2-1-9-23-11-15/h3,6,10,14-15,18,23H,1-2,4-5,7-9,11-12H2,(H,24,27,28). The van der Waals surface area contributed by atoms with Gasteiger partial charge < -0.3 is 5.32 Å². The fourth-order valence-electron chi connectivity index (χ4n) is 4.91. The predicted molar refractivity (Wildman–Crippen MR) is 108 cm³/mol. The van der Waals surface area contributed by atoms with Crippen molar-refractivity contribution in [2.75, 3.05) is 13.1 Å². The fraction of sp³-hybridized carbons (Fsp3) is 0.545. The van der Waals surface area contributed by atoms with Gasteiger partial charge in [0.15, 0.2) is 0 Å². The molecule has 0 bridgehead atoms. The van der Waals surface area contributed by atoms with Crippen LogP contribution in [0.15, 0.2) is 18.2 Å². The molecule has 0 spiro atoms. The summed E-state index contributed by atoms with van der Waals surface area (Å²) >= 11 is 0. The molecule has 1 aromatic rings. The highest BCUT2D eigenvalue weighted by molar-refractivity contribution is 6.23. The molecule has 30 heavy (non-hydrogen) atoms. The molecule has 2 unspecified atom stereocenters. The van der Waals surface area contributed by atoms with Gasteiger partial charge in [0.1, 0.15) is 6.04 Å².